The van der Waals surface area contributed by atoms with Gasteiger partial charge in [-0.2, -0.15) is 19.4 Å². The second kappa shape index (κ2) is 7.29. The molecule has 2 aliphatic rings. The van der Waals surface area contributed by atoms with Crippen LogP contribution in [0.4, 0.5) is 0 Å². The number of sulfonamides is 1. The Morgan fingerprint density at radius 3 is 2.55 bits per heavy atom. The van der Waals surface area contributed by atoms with E-state index in [1.807, 2.05) is 0 Å². The number of rotatable bonds is 4. The van der Waals surface area contributed by atoms with E-state index in [1.54, 1.807) is 37.3 Å². The molecule has 1 N–H and O–H groups in total. The fraction of sp³-hybridized carbons (Fsp3) is 0.300. The largest absolute Gasteiger partial charge is 0.493 e. The predicted molar refractivity (Wildman–Crippen MR) is 110 cm³/mol. The summed E-state index contributed by atoms with van der Waals surface area (Å²) in [7, 11) is -3.49. The minimum Gasteiger partial charge on any atom is -0.493 e. The van der Waals surface area contributed by atoms with Gasteiger partial charge in [0.2, 0.25) is 5.88 Å². The van der Waals surface area contributed by atoms with E-state index in [0.717, 1.165) is 12.0 Å². The average molecular weight is 409 g/mol. The number of aliphatic imine (C=N–C) groups is 1. The molecule has 0 unspecified atom stereocenters. The number of hydrogen-bond donors (Lipinski definition) is 1. The molecule has 0 spiro atoms. The van der Waals surface area contributed by atoms with Crippen LogP contribution in [0, 0.1) is 18.3 Å². The van der Waals surface area contributed by atoms with E-state index in [1.165, 1.54) is 10.9 Å². The van der Waals surface area contributed by atoms with Crippen molar-refractivity contribution in [1.29, 1.82) is 5.26 Å². The average Bonchev–Trinajstić information content (AvgIpc) is 2.94. The maximum atomic E-state index is 12.2. The summed E-state index contributed by atoms with van der Waals surface area (Å²) in [5.41, 5.74) is 2.80. The molecule has 0 saturated heterocycles. The van der Waals surface area contributed by atoms with Crippen molar-refractivity contribution in [1.82, 2.24) is 9.78 Å². The summed E-state index contributed by atoms with van der Waals surface area (Å²) >= 11 is 0. The van der Waals surface area contributed by atoms with E-state index < -0.39 is 10.0 Å². The molecule has 0 radical (unpaired) electrons. The van der Waals surface area contributed by atoms with Crippen LogP contribution in [0.2, 0.25) is 0 Å². The highest BCUT2D eigenvalue weighted by Gasteiger charge is 2.31. The lowest BCUT2D eigenvalue weighted by Crippen LogP contribution is -2.27. The number of aromatic nitrogens is 2. The van der Waals surface area contributed by atoms with Gasteiger partial charge >= 0.3 is 0 Å². The van der Waals surface area contributed by atoms with Gasteiger partial charge in [-0.25, -0.2) is 13.4 Å². The molecular formula is C20H19N5O3S. The zero-order chi connectivity index (χ0) is 20.6. The molecule has 148 valence electrons. The van der Waals surface area contributed by atoms with E-state index >= 15 is 0 Å². The SMILES string of the molecule is Cc1nn(C2=CCC(=NS(=O)(=O)C3CCC3)C=N2)c(O)c1-c1ccc(C#N)cc1. The fourth-order valence-corrected chi connectivity index (χ4v) is 4.80. The van der Waals surface area contributed by atoms with Gasteiger partial charge in [-0.3, -0.25) is 0 Å². The Balaban J connectivity index is 1.59. The van der Waals surface area contributed by atoms with Crippen LogP contribution in [0.3, 0.4) is 0 Å². The van der Waals surface area contributed by atoms with Gasteiger partial charge in [0.1, 0.15) is 0 Å². The van der Waals surface area contributed by atoms with Gasteiger partial charge in [0.15, 0.2) is 5.82 Å². The van der Waals surface area contributed by atoms with Gasteiger partial charge in [-0.1, -0.05) is 18.6 Å². The lowest BCUT2D eigenvalue weighted by atomic mass is 10.0. The smallest absolute Gasteiger partial charge is 0.256 e. The Morgan fingerprint density at radius 2 is 2.00 bits per heavy atom. The molecule has 1 aromatic heterocycles. The first-order valence-corrected chi connectivity index (χ1v) is 10.8. The molecule has 1 aliphatic carbocycles. The first-order valence-electron chi connectivity index (χ1n) is 9.25. The molecule has 0 bridgehead atoms. The maximum absolute atomic E-state index is 12.2. The maximum Gasteiger partial charge on any atom is 0.256 e. The number of hydrogen-bond acceptors (Lipinski definition) is 6. The number of benzene rings is 1. The molecule has 4 rings (SSSR count). The zero-order valence-corrected chi connectivity index (χ0v) is 16.6. The molecule has 1 fully saturated rings. The van der Waals surface area contributed by atoms with Crippen molar-refractivity contribution in [3.63, 3.8) is 0 Å². The first kappa shape index (κ1) is 19.1. The van der Waals surface area contributed by atoms with Gasteiger partial charge < -0.3 is 5.11 Å². The van der Waals surface area contributed by atoms with Crippen molar-refractivity contribution in [3.05, 3.63) is 41.6 Å². The van der Waals surface area contributed by atoms with Crippen molar-refractivity contribution < 1.29 is 13.5 Å². The van der Waals surface area contributed by atoms with Crippen LogP contribution in [-0.2, 0) is 10.0 Å². The Labute approximate surface area is 168 Å². The molecule has 8 nitrogen and oxygen atoms in total. The summed E-state index contributed by atoms with van der Waals surface area (Å²) in [6, 6.07) is 8.91. The summed E-state index contributed by atoms with van der Waals surface area (Å²) in [6.45, 7) is 1.77. The number of aryl methyl sites for hydroxylation is 1. The van der Waals surface area contributed by atoms with Crippen molar-refractivity contribution in [3.8, 4) is 23.1 Å². The van der Waals surface area contributed by atoms with Crippen molar-refractivity contribution in [2.45, 2.75) is 37.9 Å². The summed E-state index contributed by atoms with van der Waals surface area (Å²) in [6.07, 6.45) is 5.63. The van der Waals surface area contributed by atoms with Crippen molar-refractivity contribution >= 4 is 27.8 Å². The van der Waals surface area contributed by atoms with Gasteiger partial charge in [-0.15, -0.1) is 0 Å². The van der Waals surface area contributed by atoms with Crippen LogP contribution >= 0.6 is 0 Å². The van der Waals surface area contributed by atoms with Gasteiger partial charge in [0.05, 0.1) is 40.1 Å². The van der Waals surface area contributed by atoms with E-state index in [-0.39, 0.29) is 17.6 Å². The summed E-state index contributed by atoms with van der Waals surface area (Å²) in [5, 5.41) is 23.6. The van der Waals surface area contributed by atoms with Gasteiger partial charge in [0, 0.05) is 6.42 Å². The van der Waals surface area contributed by atoms with Crippen LogP contribution in [0.5, 0.6) is 5.88 Å². The van der Waals surface area contributed by atoms with Crippen LogP contribution < -0.4 is 0 Å². The quantitative estimate of drug-likeness (QED) is 0.832. The third-order valence-corrected chi connectivity index (χ3v) is 6.92. The topological polar surface area (TPSA) is 121 Å². The summed E-state index contributed by atoms with van der Waals surface area (Å²) in [5.74, 6) is 0.323. The Morgan fingerprint density at radius 1 is 1.28 bits per heavy atom. The normalized spacial score (nSPS) is 18.3. The second-order valence-electron chi connectivity index (χ2n) is 7.06. The van der Waals surface area contributed by atoms with Crippen LogP contribution in [-0.4, -0.2) is 40.5 Å². The second-order valence-corrected chi connectivity index (χ2v) is 8.94. The fourth-order valence-electron chi connectivity index (χ4n) is 3.27. The molecule has 0 amide bonds. The number of allylic oxidation sites excluding steroid dienone is 1. The Kier molecular flexibility index (Phi) is 4.80. The van der Waals surface area contributed by atoms with E-state index in [9.17, 15) is 13.5 Å². The summed E-state index contributed by atoms with van der Waals surface area (Å²) in [4.78, 5) is 4.24. The first-order chi connectivity index (χ1) is 13.9. The van der Waals surface area contributed by atoms with Crippen LogP contribution in [0.15, 0.2) is 39.7 Å². The Bertz CT molecular complexity index is 1190. The molecule has 29 heavy (non-hydrogen) atoms. The van der Waals surface area contributed by atoms with Crippen LogP contribution in [0.25, 0.3) is 16.9 Å². The Hall–Kier alpha value is -3.25. The van der Waals surface area contributed by atoms with E-state index in [4.69, 9.17) is 5.26 Å². The number of aromatic hydroxyl groups is 1. The highest BCUT2D eigenvalue weighted by Crippen LogP contribution is 2.35. The van der Waals surface area contributed by atoms with E-state index in [0.29, 0.717) is 41.2 Å². The lowest BCUT2D eigenvalue weighted by Gasteiger charge is -2.22. The molecule has 2 aromatic rings. The molecule has 1 saturated carbocycles. The molecule has 2 heterocycles. The molecule has 0 atom stereocenters. The standard InChI is InChI=1S/C20H19N5O3S/c1-13-19(15-7-5-14(11-21)6-8-15)20(26)25(23-13)18-10-9-16(12-22-18)24-29(27,28)17-3-2-4-17/h5-8,10,12,17,26H,2-4,9H2,1H3. The van der Waals surface area contributed by atoms with Gasteiger partial charge in [-0.05, 0) is 43.5 Å². The number of nitrogens with zero attached hydrogens (tertiary/aromatic N) is 5. The van der Waals surface area contributed by atoms with Crippen molar-refractivity contribution in [2.24, 2.45) is 9.39 Å². The highest BCUT2D eigenvalue weighted by atomic mass is 32.2. The van der Waals surface area contributed by atoms with E-state index in [2.05, 4.69) is 20.6 Å². The third kappa shape index (κ3) is 3.59. The minimum atomic E-state index is -3.49. The molecule has 1 aromatic carbocycles. The third-order valence-electron chi connectivity index (χ3n) is 5.11. The predicted octanol–water partition coefficient (Wildman–Crippen LogP) is 3.03. The lowest BCUT2D eigenvalue weighted by molar-refractivity contribution is 0.436. The molecule has 9 heteroatoms. The zero-order valence-electron chi connectivity index (χ0n) is 15.8. The molecule has 1 aliphatic heterocycles. The minimum absolute atomic E-state index is 0.0712. The number of nitriles is 1. The molecular weight excluding hydrogens is 390 g/mol. The monoisotopic (exact) mass is 409 g/mol. The van der Waals surface area contributed by atoms with Crippen LogP contribution in [0.1, 0.15) is 36.9 Å². The summed E-state index contributed by atoms with van der Waals surface area (Å²) < 4.78 is 29.6. The highest BCUT2D eigenvalue weighted by molar-refractivity contribution is 7.91. The van der Waals surface area contributed by atoms with Gasteiger partial charge in [0.25, 0.3) is 10.0 Å². The van der Waals surface area contributed by atoms with Crippen molar-refractivity contribution in [2.75, 3.05) is 0 Å².